The summed E-state index contributed by atoms with van der Waals surface area (Å²) in [6, 6.07) is 0. The van der Waals surface area contributed by atoms with Crippen LogP contribution in [-0.2, 0) is 4.74 Å². The van der Waals surface area contributed by atoms with Crippen LogP contribution in [0.15, 0.2) is 0 Å². The summed E-state index contributed by atoms with van der Waals surface area (Å²) in [5.74, 6) is 0. The van der Waals surface area contributed by atoms with E-state index in [1.807, 2.05) is 0 Å². The summed E-state index contributed by atoms with van der Waals surface area (Å²) in [6.07, 6.45) is -11.6. The molecule has 0 radical (unpaired) electrons. The molecule has 0 spiro atoms. The third-order valence-electron chi connectivity index (χ3n) is 0.916. The molecule has 0 aliphatic rings. The average Bonchev–Trinajstić information content (AvgIpc) is 1.77. The van der Waals surface area contributed by atoms with Crippen molar-refractivity contribution in [3.63, 3.8) is 0 Å². The van der Waals surface area contributed by atoms with Crippen LogP contribution in [-0.4, -0.2) is 20.1 Å². The Morgan fingerprint density at radius 3 is 0.933 bits per heavy atom. The van der Waals surface area contributed by atoms with Gasteiger partial charge in [-0.3, -0.25) is 4.74 Å². The molecule has 0 saturated carbocycles. The number of alkyl halides is 10. The van der Waals surface area contributed by atoms with Crippen molar-refractivity contribution >= 4 is 45.2 Å². The summed E-state index contributed by atoms with van der Waals surface area (Å²) in [6.45, 7) is 0. The molecule has 1 nitrogen and oxygen atoms in total. The fourth-order valence-electron chi connectivity index (χ4n) is 0.277. The van der Waals surface area contributed by atoms with Crippen molar-refractivity contribution in [1.29, 1.82) is 0 Å². The van der Waals surface area contributed by atoms with Crippen LogP contribution in [0.1, 0.15) is 0 Å². The third kappa shape index (κ3) is 3.98. The van der Waals surface area contributed by atoms with E-state index in [0.717, 1.165) is 0 Å². The van der Waals surface area contributed by atoms with Gasteiger partial charge in [0.1, 0.15) is 0 Å². The monoisotopic (exact) mass is 470 g/mol. The first kappa shape index (κ1) is 15.9. The minimum absolute atomic E-state index is 0.111. The lowest BCUT2D eigenvalue weighted by molar-refractivity contribution is -0.358. The molecule has 0 heterocycles. The van der Waals surface area contributed by atoms with Gasteiger partial charge in [0.05, 0.1) is 0 Å². The van der Waals surface area contributed by atoms with Crippen LogP contribution in [0.5, 0.6) is 0 Å². The van der Waals surface area contributed by atoms with Gasteiger partial charge in [-0.1, -0.05) is 0 Å². The number of hydrogen-bond donors (Lipinski definition) is 0. The van der Waals surface area contributed by atoms with Gasteiger partial charge in [-0.25, -0.2) is 0 Å². The molecule has 0 aliphatic heterocycles. The highest BCUT2D eigenvalue weighted by molar-refractivity contribution is 14.1. The Bertz CT molecular complexity index is 206. The SMILES string of the molecule is FC(F)(F)C(F)(I)OC(F)(I)C(F)(F)F. The molecule has 0 saturated heterocycles. The highest BCUT2D eigenvalue weighted by atomic mass is 127. The van der Waals surface area contributed by atoms with Crippen LogP contribution in [0.3, 0.4) is 0 Å². The highest BCUT2D eigenvalue weighted by Gasteiger charge is 2.66. The van der Waals surface area contributed by atoms with Gasteiger partial charge in [0.15, 0.2) is 0 Å². The molecule has 92 valence electrons. The van der Waals surface area contributed by atoms with E-state index in [0.29, 0.717) is 0 Å². The molecule has 0 aromatic carbocycles. The van der Waals surface area contributed by atoms with Crippen molar-refractivity contribution in [2.75, 3.05) is 0 Å². The zero-order valence-corrected chi connectivity index (χ0v) is 10.5. The number of hydrogen-bond acceptors (Lipinski definition) is 1. The first-order valence-corrected chi connectivity index (χ1v) is 4.96. The fraction of sp³-hybridized carbons (Fsp3) is 1.00. The first-order chi connectivity index (χ1) is 6.21. The zero-order chi connectivity index (χ0) is 12.7. The Hall–Kier alpha value is 0.860. The molecule has 11 heteroatoms. The topological polar surface area (TPSA) is 9.23 Å². The predicted octanol–water partition coefficient (Wildman–Crippen LogP) is 4.24. The van der Waals surface area contributed by atoms with E-state index in [4.69, 9.17) is 0 Å². The van der Waals surface area contributed by atoms with Gasteiger partial charge in [-0.2, -0.15) is 35.1 Å². The fourth-order valence-corrected chi connectivity index (χ4v) is 1.30. The van der Waals surface area contributed by atoms with Crippen molar-refractivity contribution in [2.45, 2.75) is 20.1 Å². The zero-order valence-electron chi connectivity index (χ0n) is 6.19. The molecule has 0 N–H and O–H groups in total. The van der Waals surface area contributed by atoms with Gasteiger partial charge in [0, 0.05) is 45.2 Å². The summed E-state index contributed by atoms with van der Waals surface area (Å²) >= 11 is -0.222. The number of rotatable bonds is 2. The van der Waals surface area contributed by atoms with Crippen LogP contribution in [0, 0.1) is 0 Å². The summed E-state index contributed by atoms with van der Waals surface area (Å²) in [5, 5.41) is 0. The molecule has 0 bridgehead atoms. The summed E-state index contributed by atoms with van der Waals surface area (Å²) < 4.78 is 88.5. The molecular formula is C4F8I2O. The molecular weight excluding hydrogens is 470 g/mol. The van der Waals surface area contributed by atoms with Gasteiger partial charge in [0.2, 0.25) is 0 Å². The third-order valence-corrected chi connectivity index (χ3v) is 2.58. The van der Waals surface area contributed by atoms with Crippen LogP contribution in [0.4, 0.5) is 35.1 Å². The number of halogens is 10. The molecule has 0 aliphatic carbocycles. The molecule has 0 amide bonds. The van der Waals surface area contributed by atoms with E-state index < -0.39 is 20.1 Å². The smallest absolute Gasteiger partial charge is 0.278 e. The lowest BCUT2D eigenvalue weighted by atomic mass is 10.6. The van der Waals surface area contributed by atoms with Crippen molar-refractivity contribution in [3.05, 3.63) is 0 Å². The van der Waals surface area contributed by atoms with Crippen molar-refractivity contribution in [1.82, 2.24) is 0 Å². The summed E-state index contributed by atoms with van der Waals surface area (Å²) in [5.41, 5.74) is 0. The molecule has 15 heavy (non-hydrogen) atoms. The maximum Gasteiger partial charge on any atom is 0.458 e. The summed E-state index contributed by atoms with van der Waals surface area (Å²) in [4.78, 5) is 0. The van der Waals surface area contributed by atoms with Gasteiger partial charge in [-0.05, 0) is 0 Å². The van der Waals surface area contributed by atoms with E-state index in [1.54, 1.807) is 0 Å². The van der Waals surface area contributed by atoms with Gasteiger partial charge in [0.25, 0.3) is 0 Å². The molecule has 2 atom stereocenters. The molecule has 0 aromatic heterocycles. The predicted molar refractivity (Wildman–Crippen MR) is 48.9 cm³/mol. The summed E-state index contributed by atoms with van der Waals surface area (Å²) in [7, 11) is 0. The Morgan fingerprint density at radius 1 is 0.600 bits per heavy atom. The Balaban J connectivity index is 4.89. The van der Waals surface area contributed by atoms with E-state index in [2.05, 4.69) is 4.74 Å². The maximum absolute atomic E-state index is 12.5. The van der Waals surface area contributed by atoms with Gasteiger partial charge < -0.3 is 0 Å². The Kier molecular flexibility index (Phi) is 4.51. The van der Waals surface area contributed by atoms with E-state index in [1.165, 1.54) is 0 Å². The second-order valence-electron chi connectivity index (χ2n) is 2.13. The van der Waals surface area contributed by atoms with E-state index >= 15 is 0 Å². The lowest BCUT2D eigenvalue weighted by Gasteiger charge is -2.29. The Morgan fingerprint density at radius 2 is 0.800 bits per heavy atom. The van der Waals surface area contributed by atoms with Crippen LogP contribution >= 0.6 is 45.2 Å². The molecule has 2 unspecified atom stereocenters. The first-order valence-electron chi connectivity index (χ1n) is 2.80. The minimum Gasteiger partial charge on any atom is -0.278 e. The van der Waals surface area contributed by atoms with Gasteiger partial charge in [-0.15, -0.1) is 0 Å². The highest BCUT2D eigenvalue weighted by Crippen LogP contribution is 2.50. The van der Waals surface area contributed by atoms with Gasteiger partial charge >= 0.3 is 20.1 Å². The number of ether oxygens (including phenoxy) is 1. The van der Waals surface area contributed by atoms with E-state index in [-0.39, 0.29) is 45.2 Å². The quantitative estimate of drug-likeness (QED) is 0.334. The largest absolute Gasteiger partial charge is 0.458 e. The van der Waals surface area contributed by atoms with Crippen LogP contribution < -0.4 is 0 Å². The van der Waals surface area contributed by atoms with Crippen molar-refractivity contribution in [2.24, 2.45) is 0 Å². The standard InChI is InChI=1S/C4F8I2O/c5-1(6,7)3(11,13)15-4(12,14)2(8,9)10. The lowest BCUT2D eigenvalue weighted by Crippen LogP contribution is -2.48. The normalized spacial score (nSPS) is 22.0. The van der Waals surface area contributed by atoms with Crippen LogP contribution in [0.25, 0.3) is 0 Å². The van der Waals surface area contributed by atoms with E-state index in [9.17, 15) is 35.1 Å². The molecule has 0 rings (SSSR count). The molecule has 0 fully saturated rings. The minimum atomic E-state index is -5.78. The average molecular weight is 470 g/mol. The van der Waals surface area contributed by atoms with Crippen LogP contribution in [0.2, 0.25) is 0 Å². The van der Waals surface area contributed by atoms with Crippen molar-refractivity contribution in [3.8, 4) is 0 Å². The van der Waals surface area contributed by atoms with Crippen molar-refractivity contribution < 1.29 is 39.9 Å². The maximum atomic E-state index is 12.5. The molecule has 0 aromatic rings. The Labute approximate surface area is 105 Å². The second kappa shape index (κ2) is 4.27. The second-order valence-corrected chi connectivity index (χ2v) is 4.91.